The average molecular weight is 193 g/mol. The molecule has 3 nitrogen and oxygen atoms in total. The molecule has 3 heteroatoms. The summed E-state index contributed by atoms with van der Waals surface area (Å²) in [5, 5.41) is 9.59. The largest absolute Gasteiger partial charge is 0.507 e. The van der Waals surface area contributed by atoms with Gasteiger partial charge in [0, 0.05) is 14.1 Å². The fourth-order valence-corrected chi connectivity index (χ4v) is 1.22. The lowest BCUT2D eigenvalue weighted by Crippen LogP contribution is -2.21. The van der Waals surface area contributed by atoms with Crippen molar-refractivity contribution >= 4 is 5.91 Å². The van der Waals surface area contributed by atoms with Crippen LogP contribution in [0.25, 0.3) is 0 Å². The molecule has 1 amide bonds. The number of carbonyl (C=O) groups is 1. The number of hydrogen-bond donors (Lipinski definition) is 1. The van der Waals surface area contributed by atoms with E-state index in [1.165, 1.54) is 4.90 Å². The Morgan fingerprint density at radius 3 is 2.50 bits per heavy atom. The zero-order valence-electron chi connectivity index (χ0n) is 8.74. The third kappa shape index (κ3) is 2.05. The van der Waals surface area contributed by atoms with E-state index in [0.717, 1.165) is 12.0 Å². The average Bonchev–Trinajstić information content (AvgIpc) is 2.16. The molecular formula is C11H15NO2. The highest BCUT2D eigenvalue weighted by Gasteiger charge is 2.12. The summed E-state index contributed by atoms with van der Waals surface area (Å²) >= 11 is 0. The molecule has 1 aromatic carbocycles. The van der Waals surface area contributed by atoms with E-state index in [4.69, 9.17) is 0 Å². The summed E-state index contributed by atoms with van der Waals surface area (Å²) in [4.78, 5) is 13.0. The predicted molar refractivity (Wildman–Crippen MR) is 55.5 cm³/mol. The molecule has 0 bridgehead atoms. The van der Waals surface area contributed by atoms with Crippen LogP contribution in [0.1, 0.15) is 22.8 Å². The molecule has 1 aromatic rings. The van der Waals surface area contributed by atoms with Crippen LogP contribution in [0.3, 0.4) is 0 Å². The number of nitrogens with zero attached hydrogens (tertiary/aromatic N) is 1. The number of rotatable bonds is 2. The van der Waals surface area contributed by atoms with Gasteiger partial charge in [-0.2, -0.15) is 0 Å². The highest BCUT2D eigenvalue weighted by Crippen LogP contribution is 2.20. The summed E-state index contributed by atoms with van der Waals surface area (Å²) in [5.74, 6) is -0.117. The van der Waals surface area contributed by atoms with Crippen LogP contribution in [0.2, 0.25) is 0 Å². The van der Waals surface area contributed by atoms with Gasteiger partial charge in [-0.05, 0) is 24.1 Å². The lowest BCUT2D eigenvalue weighted by atomic mass is 10.1. The number of hydrogen-bond acceptors (Lipinski definition) is 2. The highest BCUT2D eigenvalue weighted by molar-refractivity contribution is 5.96. The summed E-state index contributed by atoms with van der Waals surface area (Å²) in [6, 6.07) is 5.16. The van der Waals surface area contributed by atoms with Gasteiger partial charge in [0.2, 0.25) is 0 Å². The zero-order chi connectivity index (χ0) is 10.7. The maximum absolute atomic E-state index is 11.5. The molecule has 0 unspecified atom stereocenters. The lowest BCUT2D eigenvalue weighted by Gasteiger charge is -2.11. The van der Waals surface area contributed by atoms with Crippen LogP contribution >= 0.6 is 0 Å². The van der Waals surface area contributed by atoms with Crippen LogP contribution in [0.15, 0.2) is 18.2 Å². The number of phenols is 1. The molecule has 0 radical (unpaired) electrons. The van der Waals surface area contributed by atoms with Gasteiger partial charge in [0.05, 0.1) is 5.56 Å². The van der Waals surface area contributed by atoms with Crippen LogP contribution in [-0.2, 0) is 6.42 Å². The van der Waals surface area contributed by atoms with E-state index in [-0.39, 0.29) is 11.7 Å². The quantitative estimate of drug-likeness (QED) is 0.776. The second kappa shape index (κ2) is 4.13. The predicted octanol–water partition coefficient (Wildman–Crippen LogP) is 1.66. The SMILES string of the molecule is CCc1ccc(C(=O)N(C)C)c(O)c1. The Labute approximate surface area is 84.0 Å². The van der Waals surface area contributed by atoms with Gasteiger partial charge >= 0.3 is 0 Å². The first-order valence-corrected chi connectivity index (χ1v) is 4.59. The van der Waals surface area contributed by atoms with E-state index in [1.54, 1.807) is 26.2 Å². The Bertz CT molecular complexity index is 345. The molecular weight excluding hydrogens is 178 g/mol. The second-order valence-corrected chi connectivity index (χ2v) is 3.40. The monoisotopic (exact) mass is 193 g/mol. The maximum atomic E-state index is 11.5. The van der Waals surface area contributed by atoms with Gasteiger partial charge < -0.3 is 10.0 Å². The fraction of sp³-hybridized carbons (Fsp3) is 0.364. The van der Waals surface area contributed by atoms with Crippen LogP contribution in [0.5, 0.6) is 5.75 Å². The van der Waals surface area contributed by atoms with Crippen molar-refractivity contribution in [2.75, 3.05) is 14.1 Å². The number of aromatic hydroxyl groups is 1. The molecule has 14 heavy (non-hydrogen) atoms. The van der Waals surface area contributed by atoms with Gasteiger partial charge in [-0.3, -0.25) is 4.79 Å². The van der Waals surface area contributed by atoms with Gasteiger partial charge in [0.1, 0.15) is 5.75 Å². The molecule has 0 aromatic heterocycles. The van der Waals surface area contributed by atoms with Crippen molar-refractivity contribution in [3.8, 4) is 5.75 Å². The molecule has 76 valence electrons. The molecule has 1 N–H and O–H groups in total. The second-order valence-electron chi connectivity index (χ2n) is 3.40. The zero-order valence-corrected chi connectivity index (χ0v) is 8.74. The lowest BCUT2D eigenvalue weighted by molar-refractivity contribution is 0.0824. The van der Waals surface area contributed by atoms with E-state index >= 15 is 0 Å². The topological polar surface area (TPSA) is 40.5 Å². The van der Waals surface area contributed by atoms with Gasteiger partial charge in [-0.15, -0.1) is 0 Å². The first-order valence-electron chi connectivity index (χ1n) is 4.59. The fourth-order valence-electron chi connectivity index (χ4n) is 1.22. The molecule has 0 aliphatic heterocycles. The maximum Gasteiger partial charge on any atom is 0.257 e. The third-order valence-electron chi connectivity index (χ3n) is 2.11. The highest BCUT2D eigenvalue weighted by atomic mass is 16.3. The standard InChI is InChI=1S/C11H15NO2/c1-4-8-5-6-9(10(13)7-8)11(14)12(2)3/h5-7,13H,4H2,1-3H3. The van der Waals surface area contributed by atoms with Crippen LogP contribution in [0, 0.1) is 0 Å². The number of carbonyl (C=O) groups excluding carboxylic acids is 1. The van der Waals surface area contributed by atoms with Gasteiger partial charge in [-0.25, -0.2) is 0 Å². The Balaban J connectivity index is 3.06. The Kier molecular flexibility index (Phi) is 3.12. The van der Waals surface area contributed by atoms with Gasteiger partial charge in [0.25, 0.3) is 5.91 Å². The van der Waals surface area contributed by atoms with E-state index in [9.17, 15) is 9.90 Å². The smallest absolute Gasteiger partial charge is 0.257 e. The summed E-state index contributed by atoms with van der Waals surface area (Å²) in [6.45, 7) is 2.00. The number of aryl methyl sites for hydroxylation is 1. The molecule has 1 rings (SSSR count). The molecule has 0 heterocycles. The van der Waals surface area contributed by atoms with Crippen molar-refractivity contribution in [3.63, 3.8) is 0 Å². The van der Waals surface area contributed by atoms with Crippen molar-refractivity contribution in [1.82, 2.24) is 4.90 Å². The van der Waals surface area contributed by atoms with Crippen LogP contribution in [-0.4, -0.2) is 30.0 Å². The molecule has 0 spiro atoms. The van der Waals surface area contributed by atoms with E-state index in [0.29, 0.717) is 5.56 Å². The Morgan fingerprint density at radius 2 is 2.07 bits per heavy atom. The molecule has 0 atom stereocenters. The summed E-state index contributed by atoms with van der Waals surface area (Å²) in [5.41, 5.74) is 1.38. The van der Waals surface area contributed by atoms with E-state index in [1.807, 2.05) is 13.0 Å². The van der Waals surface area contributed by atoms with E-state index < -0.39 is 0 Å². The summed E-state index contributed by atoms with van der Waals surface area (Å²) in [6.07, 6.45) is 0.851. The van der Waals surface area contributed by atoms with Crippen molar-refractivity contribution in [2.24, 2.45) is 0 Å². The van der Waals surface area contributed by atoms with Crippen molar-refractivity contribution in [3.05, 3.63) is 29.3 Å². The first-order chi connectivity index (χ1) is 6.56. The summed E-state index contributed by atoms with van der Waals surface area (Å²) < 4.78 is 0. The van der Waals surface area contributed by atoms with Crippen LogP contribution < -0.4 is 0 Å². The minimum Gasteiger partial charge on any atom is -0.507 e. The molecule has 0 saturated carbocycles. The molecule has 0 fully saturated rings. The molecule has 0 aliphatic rings. The molecule has 0 saturated heterocycles. The minimum atomic E-state index is -0.176. The van der Waals surface area contributed by atoms with Crippen LogP contribution in [0.4, 0.5) is 0 Å². The van der Waals surface area contributed by atoms with Crippen molar-refractivity contribution in [2.45, 2.75) is 13.3 Å². The summed E-state index contributed by atoms with van der Waals surface area (Å²) in [7, 11) is 3.32. The normalized spacial score (nSPS) is 9.93. The molecule has 0 aliphatic carbocycles. The van der Waals surface area contributed by atoms with E-state index in [2.05, 4.69) is 0 Å². The first kappa shape index (κ1) is 10.6. The minimum absolute atomic E-state index is 0.0584. The number of amides is 1. The number of benzene rings is 1. The number of phenolic OH excluding ortho intramolecular Hbond substituents is 1. The van der Waals surface area contributed by atoms with Gasteiger partial charge in [0.15, 0.2) is 0 Å². The Hall–Kier alpha value is -1.51. The van der Waals surface area contributed by atoms with Gasteiger partial charge in [-0.1, -0.05) is 13.0 Å². The Morgan fingerprint density at radius 1 is 1.43 bits per heavy atom. The third-order valence-corrected chi connectivity index (χ3v) is 2.11. The van der Waals surface area contributed by atoms with Crippen molar-refractivity contribution < 1.29 is 9.90 Å². The van der Waals surface area contributed by atoms with Crippen molar-refractivity contribution in [1.29, 1.82) is 0 Å².